The van der Waals surface area contributed by atoms with E-state index in [0.717, 1.165) is 32.2 Å². The Balaban J connectivity index is 1.36. The maximum absolute atomic E-state index is 12.9. The second-order valence-electron chi connectivity index (χ2n) is 7.56. The molecule has 5 rings (SSSR count). The Morgan fingerprint density at radius 1 is 1.03 bits per heavy atom. The maximum Gasteiger partial charge on any atom is 0.270 e. The molecule has 3 heterocycles. The summed E-state index contributed by atoms with van der Waals surface area (Å²) in [6, 6.07) is 23.3. The van der Waals surface area contributed by atoms with Crippen molar-refractivity contribution in [1.82, 2.24) is 24.8 Å². The quantitative estimate of drug-likeness (QED) is 0.318. The summed E-state index contributed by atoms with van der Waals surface area (Å²) in [4.78, 5) is 19.1. The molecule has 0 saturated carbocycles. The van der Waals surface area contributed by atoms with Gasteiger partial charge in [-0.1, -0.05) is 36.0 Å². The molecule has 0 bridgehead atoms. The number of pyridine rings is 1. The first-order valence-corrected chi connectivity index (χ1v) is 11.5. The van der Waals surface area contributed by atoms with E-state index < -0.39 is 0 Å². The average molecular weight is 467 g/mol. The third-order valence-electron chi connectivity index (χ3n) is 5.25. The molecule has 0 spiro atoms. The van der Waals surface area contributed by atoms with Gasteiger partial charge >= 0.3 is 0 Å². The zero-order valence-corrected chi connectivity index (χ0v) is 19.2. The van der Waals surface area contributed by atoms with E-state index in [2.05, 4.69) is 27.0 Å². The van der Waals surface area contributed by atoms with Crippen LogP contribution in [-0.4, -0.2) is 25.2 Å². The number of aromatic nitrogens is 4. The Labute approximate surface area is 201 Å². The van der Waals surface area contributed by atoms with Gasteiger partial charge in [-0.25, -0.2) is 4.68 Å². The molecule has 0 radical (unpaired) electrons. The van der Waals surface area contributed by atoms with Crippen molar-refractivity contribution in [3.8, 4) is 0 Å². The van der Waals surface area contributed by atoms with Crippen molar-refractivity contribution in [2.75, 3.05) is 5.43 Å². The van der Waals surface area contributed by atoms with Crippen molar-refractivity contribution in [3.63, 3.8) is 0 Å². The number of hydrogen-bond donors (Lipinski definition) is 2. The van der Waals surface area contributed by atoms with E-state index >= 15 is 0 Å². The molecule has 1 amide bonds. The molecule has 0 fully saturated rings. The minimum Gasteiger partial charge on any atom is -0.337 e. The van der Waals surface area contributed by atoms with Gasteiger partial charge in [0.2, 0.25) is 0 Å². The number of amides is 1. The van der Waals surface area contributed by atoms with Crippen LogP contribution in [0.5, 0.6) is 0 Å². The topological polar surface area (TPSA) is 76.8 Å². The zero-order chi connectivity index (χ0) is 23.3. The Bertz CT molecular complexity index is 1470. The maximum atomic E-state index is 12.9. The smallest absolute Gasteiger partial charge is 0.270 e. The number of nitrogens with zero attached hydrogens (tertiary/aromatic N) is 4. The zero-order valence-electron chi connectivity index (χ0n) is 18.4. The molecule has 0 aliphatic carbocycles. The van der Waals surface area contributed by atoms with Gasteiger partial charge in [-0.3, -0.25) is 20.6 Å². The average Bonchev–Trinajstić information content (AvgIpc) is 3.47. The number of rotatable bonds is 7. The number of aryl methyl sites for hydroxylation is 1. The lowest BCUT2D eigenvalue weighted by Gasteiger charge is -2.12. The Hall–Kier alpha value is -4.30. The Morgan fingerprint density at radius 2 is 1.91 bits per heavy atom. The molecule has 2 aromatic carbocycles. The van der Waals surface area contributed by atoms with Crippen LogP contribution in [-0.2, 0) is 7.05 Å². The fourth-order valence-electron chi connectivity index (χ4n) is 3.47. The van der Waals surface area contributed by atoms with E-state index in [9.17, 15) is 4.79 Å². The van der Waals surface area contributed by atoms with E-state index in [0.29, 0.717) is 5.56 Å². The van der Waals surface area contributed by atoms with Gasteiger partial charge < -0.3 is 4.57 Å². The number of fused-ring (bicyclic) bond motifs is 1. The molecule has 5 aromatic rings. The summed E-state index contributed by atoms with van der Waals surface area (Å²) in [6.45, 7) is 0. The second-order valence-corrected chi connectivity index (χ2v) is 8.68. The van der Waals surface area contributed by atoms with Crippen LogP contribution >= 0.6 is 11.8 Å². The molecule has 8 heteroatoms. The summed E-state index contributed by atoms with van der Waals surface area (Å²) in [5.74, 6) is 0.602. The Morgan fingerprint density at radius 3 is 2.74 bits per heavy atom. The predicted octanol–water partition coefficient (Wildman–Crippen LogP) is 5.31. The summed E-state index contributed by atoms with van der Waals surface area (Å²) in [7, 11) is 1.91. The van der Waals surface area contributed by atoms with Crippen LogP contribution in [0.1, 0.15) is 16.1 Å². The molecule has 3 aromatic heterocycles. The van der Waals surface area contributed by atoms with E-state index in [1.807, 2.05) is 108 Å². The molecular formula is C26H22N6OS. The molecule has 0 saturated heterocycles. The minimum atomic E-state index is -0.200. The van der Waals surface area contributed by atoms with Crippen molar-refractivity contribution < 1.29 is 4.79 Å². The molecule has 0 atom stereocenters. The highest BCUT2D eigenvalue weighted by atomic mass is 32.2. The van der Waals surface area contributed by atoms with E-state index in [-0.39, 0.29) is 5.91 Å². The predicted molar refractivity (Wildman–Crippen MR) is 136 cm³/mol. The van der Waals surface area contributed by atoms with Crippen LogP contribution in [0.25, 0.3) is 23.2 Å². The molecule has 168 valence electrons. The number of carbonyl (C=O) groups excluding carboxylic acids is 1. The van der Waals surface area contributed by atoms with E-state index in [4.69, 9.17) is 0 Å². The van der Waals surface area contributed by atoms with Gasteiger partial charge in [0.15, 0.2) is 0 Å². The van der Waals surface area contributed by atoms with Gasteiger partial charge in [0.1, 0.15) is 5.82 Å². The van der Waals surface area contributed by atoms with Crippen molar-refractivity contribution in [1.29, 1.82) is 0 Å². The summed E-state index contributed by atoms with van der Waals surface area (Å²) in [5, 5.41) is 5.51. The van der Waals surface area contributed by atoms with Gasteiger partial charge in [0.05, 0.1) is 23.0 Å². The molecule has 34 heavy (non-hydrogen) atoms. The van der Waals surface area contributed by atoms with Crippen LogP contribution in [0, 0.1) is 0 Å². The highest BCUT2D eigenvalue weighted by Gasteiger charge is 2.13. The summed E-state index contributed by atoms with van der Waals surface area (Å²) in [6.07, 6.45) is 9.33. The summed E-state index contributed by atoms with van der Waals surface area (Å²) in [5.41, 5.74) is 8.18. The summed E-state index contributed by atoms with van der Waals surface area (Å²) < 4.78 is 3.72. The van der Waals surface area contributed by atoms with Crippen LogP contribution in [0.3, 0.4) is 0 Å². The highest BCUT2D eigenvalue weighted by Crippen LogP contribution is 2.32. The second kappa shape index (κ2) is 9.68. The van der Waals surface area contributed by atoms with Crippen molar-refractivity contribution >= 4 is 46.7 Å². The first-order valence-electron chi connectivity index (χ1n) is 10.7. The standard InChI is InChI=1S/C26H22N6OS/c1-31-15-6-10-25(31)29-30-26(33)22-8-2-3-9-24(22)34-21-12-11-19-18-28-32(23(19)17-21)16-13-20-7-4-5-14-27-20/h2-18,29H,1H3,(H,30,33). The first-order chi connectivity index (χ1) is 16.7. The lowest BCUT2D eigenvalue weighted by Crippen LogP contribution is -2.30. The number of benzene rings is 2. The Kier molecular flexibility index (Phi) is 6.13. The van der Waals surface area contributed by atoms with Crippen LogP contribution in [0.4, 0.5) is 5.82 Å². The molecular weight excluding hydrogens is 444 g/mol. The molecule has 0 aliphatic rings. The van der Waals surface area contributed by atoms with Gasteiger partial charge in [-0.15, -0.1) is 0 Å². The largest absolute Gasteiger partial charge is 0.337 e. The molecule has 0 unspecified atom stereocenters. The van der Waals surface area contributed by atoms with Gasteiger partial charge in [0, 0.05) is 40.8 Å². The number of hydrogen-bond acceptors (Lipinski definition) is 5. The van der Waals surface area contributed by atoms with E-state index in [1.54, 1.807) is 6.20 Å². The SMILES string of the molecule is Cn1cccc1NNC(=O)c1ccccc1Sc1ccc2cnn(C=Cc3ccccn3)c2c1. The van der Waals surface area contributed by atoms with Crippen LogP contribution in [0.15, 0.2) is 101 Å². The monoisotopic (exact) mass is 466 g/mol. The highest BCUT2D eigenvalue weighted by molar-refractivity contribution is 7.99. The van der Waals surface area contributed by atoms with Crippen LogP contribution in [0.2, 0.25) is 0 Å². The van der Waals surface area contributed by atoms with Crippen molar-refractivity contribution in [2.45, 2.75) is 9.79 Å². The van der Waals surface area contributed by atoms with Gasteiger partial charge in [-0.2, -0.15) is 5.10 Å². The van der Waals surface area contributed by atoms with E-state index in [1.165, 1.54) is 11.8 Å². The normalized spacial score (nSPS) is 11.2. The van der Waals surface area contributed by atoms with Gasteiger partial charge in [-0.05, 0) is 54.6 Å². The van der Waals surface area contributed by atoms with Crippen LogP contribution < -0.4 is 10.9 Å². The number of carbonyl (C=O) groups is 1. The van der Waals surface area contributed by atoms with Gasteiger partial charge in [0.25, 0.3) is 5.91 Å². The molecule has 7 nitrogen and oxygen atoms in total. The minimum absolute atomic E-state index is 0.200. The number of hydrazine groups is 1. The van der Waals surface area contributed by atoms with Crippen molar-refractivity contribution in [2.24, 2.45) is 7.05 Å². The van der Waals surface area contributed by atoms with Crippen molar-refractivity contribution in [3.05, 3.63) is 103 Å². The third kappa shape index (κ3) is 4.72. The fraction of sp³-hybridized carbons (Fsp3) is 0.0385. The number of nitrogens with one attached hydrogen (secondary N) is 2. The fourth-order valence-corrected chi connectivity index (χ4v) is 4.45. The lowest BCUT2D eigenvalue weighted by molar-refractivity contribution is 0.0959. The first kappa shape index (κ1) is 21.5. The third-order valence-corrected chi connectivity index (χ3v) is 6.32. The molecule has 0 aliphatic heterocycles. The molecule has 2 N–H and O–H groups in total. The summed E-state index contributed by atoms with van der Waals surface area (Å²) >= 11 is 1.54. The number of anilines is 1. The lowest BCUT2D eigenvalue weighted by atomic mass is 10.2.